The first-order valence-corrected chi connectivity index (χ1v) is 7.35. The van der Waals surface area contributed by atoms with Gasteiger partial charge in [0.15, 0.2) is 11.4 Å². The van der Waals surface area contributed by atoms with Crippen LogP contribution in [-0.4, -0.2) is 34.1 Å². The van der Waals surface area contributed by atoms with Gasteiger partial charge in [0.2, 0.25) is 11.8 Å². The minimum Gasteiger partial charge on any atom is -0.341 e. The van der Waals surface area contributed by atoms with Gasteiger partial charge in [0.25, 0.3) is 5.91 Å². The van der Waals surface area contributed by atoms with Crippen LogP contribution in [0.5, 0.6) is 0 Å². The Morgan fingerprint density at radius 2 is 2.04 bits per heavy atom. The zero-order valence-corrected chi connectivity index (χ0v) is 12.9. The van der Waals surface area contributed by atoms with Gasteiger partial charge in [-0.05, 0) is 12.8 Å². The topological polar surface area (TPSA) is 84.2 Å². The van der Waals surface area contributed by atoms with Gasteiger partial charge >= 0.3 is 6.18 Å². The Morgan fingerprint density at radius 1 is 1.33 bits per heavy atom. The van der Waals surface area contributed by atoms with Crippen LogP contribution < -0.4 is 10.2 Å². The number of alkyl halides is 3. The maximum atomic E-state index is 12.5. The van der Waals surface area contributed by atoms with Crippen molar-refractivity contribution < 1.29 is 22.5 Å². The lowest BCUT2D eigenvalue weighted by molar-refractivity contribution is -0.142. The van der Waals surface area contributed by atoms with Gasteiger partial charge in [-0.2, -0.15) is 13.2 Å². The molecular weight excluding hydrogens is 351 g/mol. The van der Waals surface area contributed by atoms with E-state index >= 15 is 0 Å². The second kappa shape index (κ2) is 6.27. The van der Waals surface area contributed by atoms with Gasteiger partial charge in [0.05, 0.1) is 11.2 Å². The van der Waals surface area contributed by atoms with Crippen LogP contribution in [0, 0.1) is 0 Å². The highest BCUT2D eigenvalue weighted by Crippen LogP contribution is 2.30. The molecule has 7 nitrogen and oxygen atoms in total. The Morgan fingerprint density at radius 3 is 2.67 bits per heavy atom. The van der Waals surface area contributed by atoms with Gasteiger partial charge in [-0.15, -0.1) is 0 Å². The lowest BCUT2D eigenvalue weighted by Gasteiger charge is -2.15. The average molecular weight is 362 g/mol. The third-order valence-corrected chi connectivity index (χ3v) is 3.65. The molecule has 0 aliphatic carbocycles. The van der Waals surface area contributed by atoms with Crippen molar-refractivity contribution in [1.82, 2.24) is 15.1 Å². The molecule has 0 aromatic carbocycles. The monoisotopic (exact) mass is 361 g/mol. The van der Waals surface area contributed by atoms with E-state index in [1.54, 1.807) is 0 Å². The third-order valence-electron chi connectivity index (χ3n) is 3.37. The predicted octanol–water partition coefficient (Wildman–Crippen LogP) is 2.99. The standard InChI is InChI=1S/C13H11ClF3N5O2/c14-7-6-18-12(22-3-1-2-4-22)20-10(7)11(23)19-9-5-8(21-24-9)13(15,16)17/h5-6H,1-4H2,(H,19,23). The predicted molar refractivity (Wildman–Crippen MR) is 77.9 cm³/mol. The number of carbonyl (C=O) groups excluding carboxylic acids is 1. The van der Waals surface area contributed by atoms with Crippen LogP contribution in [0.4, 0.5) is 25.0 Å². The van der Waals surface area contributed by atoms with Crippen LogP contribution in [0.2, 0.25) is 5.02 Å². The molecule has 0 radical (unpaired) electrons. The number of nitrogens with zero attached hydrogens (tertiary/aromatic N) is 4. The maximum absolute atomic E-state index is 12.5. The summed E-state index contributed by atoms with van der Waals surface area (Å²) in [4.78, 5) is 22.2. The van der Waals surface area contributed by atoms with Gasteiger partial charge in [-0.25, -0.2) is 9.97 Å². The van der Waals surface area contributed by atoms with Crippen molar-refractivity contribution in [2.45, 2.75) is 19.0 Å². The van der Waals surface area contributed by atoms with E-state index in [1.165, 1.54) is 6.20 Å². The smallest absolute Gasteiger partial charge is 0.341 e. The number of carbonyl (C=O) groups is 1. The van der Waals surface area contributed by atoms with Crippen molar-refractivity contribution in [2.24, 2.45) is 0 Å². The molecule has 0 unspecified atom stereocenters. The Balaban J connectivity index is 1.79. The number of hydrogen-bond donors (Lipinski definition) is 1. The van der Waals surface area contributed by atoms with Crippen molar-refractivity contribution in [1.29, 1.82) is 0 Å². The fourth-order valence-corrected chi connectivity index (χ4v) is 2.40. The molecular formula is C13H11ClF3N5O2. The first-order chi connectivity index (χ1) is 11.3. The molecule has 128 valence electrons. The van der Waals surface area contributed by atoms with E-state index < -0.39 is 23.7 Å². The molecule has 1 N–H and O–H groups in total. The Kier molecular flexibility index (Phi) is 4.31. The number of rotatable bonds is 3. The maximum Gasteiger partial charge on any atom is 0.436 e. The van der Waals surface area contributed by atoms with Crippen molar-refractivity contribution in [3.05, 3.63) is 28.7 Å². The summed E-state index contributed by atoms with van der Waals surface area (Å²) in [6, 6.07) is 0.578. The van der Waals surface area contributed by atoms with Gasteiger partial charge < -0.3 is 9.42 Å². The summed E-state index contributed by atoms with van der Waals surface area (Å²) in [6.07, 6.45) is -1.40. The first-order valence-electron chi connectivity index (χ1n) is 6.97. The number of nitrogens with one attached hydrogen (secondary N) is 1. The minimum atomic E-state index is -4.66. The van der Waals surface area contributed by atoms with Crippen LogP contribution >= 0.6 is 11.6 Å². The summed E-state index contributed by atoms with van der Waals surface area (Å²) in [7, 11) is 0. The normalized spacial score (nSPS) is 14.9. The van der Waals surface area contributed by atoms with E-state index in [-0.39, 0.29) is 10.7 Å². The lowest BCUT2D eigenvalue weighted by Crippen LogP contribution is -2.23. The van der Waals surface area contributed by atoms with Crippen LogP contribution in [-0.2, 0) is 6.18 Å². The molecule has 1 amide bonds. The Bertz CT molecular complexity index is 758. The van der Waals surface area contributed by atoms with E-state index in [2.05, 4.69) is 25.0 Å². The van der Waals surface area contributed by atoms with E-state index in [0.29, 0.717) is 12.0 Å². The van der Waals surface area contributed by atoms with Gasteiger partial charge in [-0.1, -0.05) is 16.8 Å². The summed E-state index contributed by atoms with van der Waals surface area (Å²) in [6.45, 7) is 1.53. The molecule has 2 aromatic rings. The van der Waals surface area contributed by atoms with Gasteiger partial charge in [-0.3, -0.25) is 10.1 Å². The zero-order chi connectivity index (χ0) is 17.3. The molecule has 24 heavy (non-hydrogen) atoms. The molecule has 0 atom stereocenters. The molecule has 3 heterocycles. The summed E-state index contributed by atoms with van der Waals surface area (Å²) in [5, 5.41) is 4.97. The number of aromatic nitrogens is 3. The van der Waals surface area contributed by atoms with Crippen LogP contribution in [0.25, 0.3) is 0 Å². The van der Waals surface area contributed by atoms with Crippen molar-refractivity contribution in [3.8, 4) is 0 Å². The highest BCUT2D eigenvalue weighted by molar-refractivity contribution is 6.33. The quantitative estimate of drug-likeness (QED) is 0.904. The molecule has 1 aliphatic heterocycles. The van der Waals surface area contributed by atoms with Gasteiger partial charge in [0, 0.05) is 19.2 Å². The first kappa shape index (κ1) is 16.5. The molecule has 3 rings (SSSR count). The van der Waals surface area contributed by atoms with E-state index in [1.807, 2.05) is 4.90 Å². The lowest BCUT2D eigenvalue weighted by atomic mass is 10.3. The van der Waals surface area contributed by atoms with Gasteiger partial charge in [0.1, 0.15) is 0 Å². The molecule has 2 aromatic heterocycles. The Labute approximate surface area is 138 Å². The third kappa shape index (κ3) is 3.42. The van der Waals surface area contributed by atoms with Crippen LogP contribution in [0.1, 0.15) is 29.0 Å². The fraction of sp³-hybridized carbons (Fsp3) is 0.385. The molecule has 11 heteroatoms. The molecule has 1 fully saturated rings. The highest BCUT2D eigenvalue weighted by atomic mass is 35.5. The molecule has 1 aliphatic rings. The molecule has 0 spiro atoms. The number of hydrogen-bond acceptors (Lipinski definition) is 6. The largest absolute Gasteiger partial charge is 0.436 e. The Hall–Kier alpha value is -2.36. The number of amides is 1. The van der Waals surface area contributed by atoms with Crippen molar-refractivity contribution in [2.75, 3.05) is 23.3 Å². The summed E-state index contributed by atoms with van der Waals surface area (Å²) >= 11 is 5.91. The summed E-state index contributed by atoms with van der Waals surface area (Å²) in [5.41, 5.74) is -1.40. The van der Waals surface area contributed by atoms with Crippen LogP contribution in [0.15, 0.2) is 16.8 Å². The molecule has 0 bridgehead atoms. The van der Waals surface area contributed by atoms with E-state index in [0.717, 1.165) is 25.9 Å². The number of halogens is 4. The summed E-state index contributed by atoms with van der Waals surface area (Å²) < 4.78 is 41.9. The van der Waals surface area contributed by atoms with Crippen molar-refractivity contribution >= 4 is 29.3 Å². The minimum absolute atomic E-state index is 0.0222. The average Bonchev–Trinajstić information content (AvgIpc) is 3.18. The molecule has 0 saturated carbocycles. The highest BCUT2D eigenvalue weighted by Gasteiger charge is 2.35. The zero-order valence-electron chi connectivity index (χ0n) is 12.1. The van der Waals surface area contributed by atoms with Crippen LogP contribution in [0.3, 0.4) is 0 Å². The molecule has 1 saturated heterocycles. The van der Waals surface area contributed by atoms with Crippen molar-refractivity contribution in [3.63, 3.8) is 0 Å². The van der Waals surface area contributed by atoms with E-state index in [9.17, 15) is 18.0 Å². The van der Waals surface area contributed by atoms with E-state index in [4.69, 9.17) is 11.6 Å². The fourth-order valence-electron chi connectivity index (χ4n) is 2.23. The number of anilines is 2. The summed E-state index contributed by atoms with van der Waals surface area (Å²) in [5.74, 6) is -0.923. The second-order valence-corrected chi connectivity index (χ2v) is 5.50. The SMILES string of the molecule is O=C(Nc1cc(C(F)(F)F)no1)c1nc(N2CCCC2)ncc1Cl. The second-order valence-electron chi connectivity index (χ2n) is 5.09.